The van der Waals surface area contributed by atoms with E-state index in [1.807, 2.05) is 36.4 Å². The summed E-state index contributed by atoms with van der Waals surface area (Å²) in [7, 11) is 0. The van der Waals surface area contributed by atoms with Crippen molar-refractivity contribution < 1.29 is 4.79 Å². The molecule has 0 aromatic heterocycles. The summed E-state index contributed by atoms with van der Waals surface area (Å²) in [5.74, 6) is -0.00451. The van der Waals surface area contributed by atoms with Gasteiger partial charge in [-0.2, -0.15) is 0 Å². The van der Waals surface area contributed by atoms with Gasteiger partial charge in [0.2, 0.25) is 0 Å². The normalized spacial score (nSPS) is 19.7. The van der Waals surface area contributed by atoms with E-state index in [1.54, 1.807) is 0 Å². The van der Waals surface area contributed by atoms with Crippen molar-refractivity contribution in [2.45, 2.75) is 26.1 Å². The highest BCUT2D eigenvalue weighted by molar-refractivity contribution is 6.02. The van der Waals surface area contributed by atoms with E-state index in [9.17, 15) is 4.79 Å². The maximum atomic E-state index is 12.8. The molecule has 0 spiro atoms. The lowest BCUT2D eigenvalue weighted by Crippen LogP contribution is -2.55. The molecule has 5 heteroatoms. The Balaban J connectivity index is 1.33. The van der Waals surface area contributed by atoms with Crippen molar-refractivity contribution in [1.82, 2.24) is 10.2 Å². The summed E-state index contributed by atoms with van der Waals surface area (Å²) in [5, 5.41) is 3.24. The van der Waals surface area contributed by atoms with Gasteiger partial charge in [0.15, 0.2) is 0 Å². The van der Waals surface area contributed by atoms with Crippen LogP contribution in [-0.4, -0.2) is 49.6 Å². The summed E-state index contributed by atoms with van der Waals surface area (Å²) in [5.41, 5.74) is 5.50. The number of rotatable bonds is 5. The fourth-order valence-electron chi connectivity index (χ4n) is 5.08. The number of piperazine rings is 1. The molecule has 0 radical (unpaired) electrons. The van der Waals surface area contributed by atoms with Crippen LogP contribution in [0.25, 0.3) is 0 Å². The molecule has 0 bridgehead atoms. The van der Waals surface area contributed by atoms with Gasteiger partial charge in [0.25, 0.3) is 5.91 Å². The third kappa shape index (κ3) is 4.46. The number of nitrogens with zero attached hydrogens (tertiary/aromatic N) is 3. The number of hydrogen-bond acceptors (Lipinski definition) is 4. The second kappa shape index (κ2) is 9.28. The maximum absolute atomic E-state index is 12.8. The smallest absolute Gasteiger partial charge is 0.255 e. The van der Waals surface area contributed by atoms with E-state index in [4.69, 9.17) is 0 Å². The molecule has 3 aromatic carbocycles. The summed E-state index contributed by atoms with van der Waals surface area (Å²) in [6.07, 6.45) is -0.162. The highest BCUT2D eigenvalue weighted by Gasteiger charge is 2.33. The summed E-state index contributed by atoms with van der Waals surface area (Å²) < 4.78 is 0. The summed E-state index contributed by atoms with van der Waals surface area (Å²) in [6.45, 7) is 9.44. The van der Waals surface area contributed by atoms with E-state index >= 15 is 0 Å². The lowest BCUT2D eigenvalue weighted by molar-refractivity contribution is 0.0923. The summed E-state index contributed by atoms with van der Waals surface area (Å²) >= 11 is 0. The van der Waals surface area contributed by atoms with E-state index in [0.717, 1.165) is 49.5 Å². The predicted octanol–water partition coefficient (Wildman–Crippen LogP) is 4.45. The van der Waals surface area contributed by atoms with Crippen LogP contribution >= 0.6 is 0 Å². The lowest BCUT2D eigenvalue weighted by Gasteiger charge is -2.44. The Morgan fingerprint density at radius 2 is 1.64 bits per heavy atom. The summed E-state index contributed by atoms with van der Waals surface area (Å²) in [4.78, 5) is 20.3. The first-order chi connectivity index (χ1) is 16.1. The molecule has 2 aliphatic heterocycles. The molecule has 1 amide bonds. The van der Waals surface area contributed by atoms with E-state index in [-0.39, 0.29) is 12.1 Å². The molecule has 0 aliphatic carbocycles. The molecule has 2 unspecified atom stereocenters. The van der Waals surface area contributed by atoms with Crippen LogP contribution in [0.3, 0.4) is 0 Å². The largest absolute Gasteiger partial charge is 0.369 e. The second-order valence-corrected chi connectivity index (χ2v) is 9.17. The topological polar surface area (TPSA) is 38.8 Å². The van der Waals surface area contributed by atoms with Crippen molar-refractivity contribution in [1.29, 1.82) is 0 Å². The van der Waals surface area contributed by atoms with Gasteiger partial charge in [-0.1, -0.05) is 54.6 Å². The van der Waals surface area contributed by atoms with Gasteiger partial charge in [0.1, 0.15) is 6.17 Å². The van der Waals surface area contributed by atoms with Crippen LogP contribution in [-0.2, 0) is 0 Å². The van der Waals surface area contributed by atoms with Crippen LogP contribution in [0.5, 0.6) is 0 Å². The third-order valence-corrected chi connectivity index (χ3v) is 6.92. The van der Waals surface area contributed by atoms with Crippen molar-refractivity contribution in [3.8, 4) is 0 Å². The van der Waals surface area contributed by atoms with Crippen LogP contribution in [0.4, 0.5) is 11.4 Å². The summed E-state index contributed by atoms with van der Waals surface area (Å²) in [6, 6.07) is 27.4. The van der Waals surface area contributed by atoms with Crippen LogP contribution in [0, 0.1) is 6.92 Å². The average molecular weight is 441 g/mol. The molecule has 0 saturated carbocycles. The number of amides is 1. The van der Waals surface area contributed by atoms with Gasteiger partial charge in [-0.25, -0.2) is 0 Å². The number of para-hydroxylation sites is 1. The number of carbonyl (C=O) groups is 1. The molecule has 1 N–H and O–H groups in total. The van der Waals surface area contributed by atoms with Crippen molar-refractivity contribution in [2.75, 3.05) is 42.5 Å². The number of fused-ring (bicyclic) bond motifs is 1. The van der Waals surface area contributed by atoms with Crippen LogP contribution in [0.2, 0.25) is 0 Å². The zero-order chi connectivity index (χ0) is 22.8. The first-order valence-electron chi connectivity index (χ1n) is 11.9. The first-order valence-corrected chi connectivity index (χ1v) is 11.9. The minimum absolute atomic E-state index is 0.00451. The fourth-order valence-corrected chi connectivity index (χ4v) is 5.08. The minimum atomic E-state index is -0.162. The van der Waals surface area contributed by atoms with Gasteiger partial charge in [-0.3, -0.25) is 9.69 Å². The van der Waals surface area contributed by atoms with Crippen molar-refractivity contribution in [2.24, 2.45) is 0 Å². The number of benzene rings is 3. The predicted molar refractivity (Wildman–Crippen MR) is 135 cm³/mol. The van der Waals surface area contributed by atoms with Gasteiger partial charge >= 0.3 is 0 Å². The zero-order valence-electron chi connectivity index (χ0n) is 19.4. The van der Waals surface area contributed by atoms with E-state index in [0.29, 0.717) is 6.04 Å². The van der Waals surface area contributed by atoms with Crippen LogP contribution < -0.4 is 15.1 Å². The molecular formula is C28H32N4O. The molecule has 2 aliphatic rings. The maximum Gasteiger partial charge on any atom is 0.255 e. The molecule has 5 rings (SSSR count). The number of nitrogens with one attached hydrogen (secondary N) is 1. The van der Waals surface area contributed by atoms with Gasteiger partial charge in [0.05, 0.1) is 11.3 Å². The van der Waals surface area contributed by atoms with E-state index in [1.165, 1.54) is 11.3 Å². The average Bonchev–Trinajstić information content (AvgIpc) is 2.86. The molecule has 3 aromatic rings. The molecule has 1 saturated heterocycles. The standard InChI is InChI=1S/C28H32N4O/c1-21-9-8-12-24(19-21)31-17-15-30(16-18-31)22(2)20-32-26-14-7-6-13-25(26)28(33)29-27(32)23-10-4-3-5-11-23/h3-14,19,22,27H,15-18,20H2,1-2H3,(H,29,33). The highest BCUT2D eigenvalue weighted by Crippen LogP contribution is 2.33. The van der Waals surface area contributed by atoms with Crippen LogP contribution in [0.15, 0.2) is 78.9 Å². The minimum Gasteiger partial charge on any atom is -0.369 e. The Labute approximate surface area is 196 Å². The second-order valence-electron chi connectivity index (χ2n) is 9.17. The SMILES string of the molecule is Cc1cccc(N2CCN(C(C)CN3c4ccccc4C(=O)NC3c3ccccc3)CC2)c1. The highest BCUT2D eigenvalue weighted by atomic mass is 16.2. The number of anilines is 2. The number of hydrogen-bond donors (Lipinski definition) is 1. The molecule has 2 atom stereocenters. The molecule has 2 heterocycles. The number of carbonyl (C=O) groups excluding carboxylic acids is 1. The monoisotopic (exact) mass is 440 g/mol. The lowest BCUT2D eigenvalue weighted by atomic mass is 10.0. The Bertz CT molecular complexity index is 1110. The molecular weight excluding hydrogens is 408 g/mol. The van der Waals surface area contributed by atoms with E-state index in [2.05, 4.69) is 76.3 Å². The fraction of sp³-hybridized carbons (Fsp3) is 0.321. The number of aryl methyl sites for hydroxylation is 1. The van der Waals surface area contributed by atoms with Gasteiger partial charge < -0.3 is 15.1 Å². The van der Waals surface area contributed by atoms with Gasteiger partial charge in [0, 0.05) is 44.5 Å². The van der Waals surface area contributed by atoms with Crippen molar-refractivity contribution in [3.05, 3.63) is 95.6 Å². The Kier molecular flexibility index (Phi) is 6.05. The van der Waals surface area contributed by atoms with Gasteiger partial charge in [-0.05, 0) is 49.2 Å². The van der Waals surface area contributed by atoms with Crippen molar-refractivity contribution in [3.63, 3.8) is 0 Å². The quantitative estimate of drug-likeness (QED) is 0.636. The first kappa shape index (κ1) is 21.5. The molecule has 1 fully saturated rings. The zero-order valence-corrected chi connectivity index (χ0v) is 19.4. The van der Waals surface area contributed by atoms with E-state index < -0.39 is 0 Å². The van der Waals surface area contributed by atoms with Crippen LogP contribution in [0.1, 0.15) is 34.6 Å². The van der Waals surface area contributed by atoms with Crippen molar-refractivity contribution >= 4 is 17.3 Å². The Hall–Kier alpha value is -3.31. The molecule has 5 nitrogen and oxygen atoms in total. The molecule has 33 heavy (non-hydrogen) atoms. The molecule has 170 valence electrons. The van der Waals surface area contributed by atoms with Gasteiger partial charge in [-0.15, -0.1) is 0 Å². The Morgan fingerprint density at radius 1 is 0.909 bits per heavy atom. The Morgan fingerprint density at radius 3 is 2.39 bits per heavy atom. The third-order valence-electron chi connectivity index (χ3n) is 6.92.